The van der Waals surface area contributed by atoms with Crippen LogP contribution in [0.4, 0.5) is 0 Å². The number of nitrogens with one attached hydrogen (secondary N) is 1. The summed E-state index contributed by atoms with van der Waals surface area (Å²) in [6, 6.07) is 14.1. The molecule has 148 valence electrons. The molecule has 0 saturated heterocycles. The molecule has 0 aliphatic carbocycles. The van der Waals surface area contributed by atoms with E-state index in [2.05, 4.69) is 41.9 Å². The molecule has 0 unspecified atom stereocenters. The van der Waals surface area contributed by atoms with Gasteiger partial charge < -0.3 is 9.72 Å². The Morgan fingerprint density at radius 2 is 1.75 bits per heavy atom. The molecule has 3 aromatic rings. The van der Waals surface area contributed by atoms with Crippen LogP contribution in [0.2, 0.25) is 0 Å². The molecule has 0 atom stereocenters. The molecular weight excluding hydrogens is 348 g/mol. The van der Waals surface area contributed by atoms with Crippen molar-refractivity contribution in [2.75, 3.05) is 13.2 Å². The van der Waals surface area contributed by atoms with Gasteiger partial charge >= 0.3 is 0 Å². The number of hydrogen-bond donors (Lipinski definition) is 1. The molecule has 0 fully saturated rings. The van der Waals surface area contributed by atoms with Gasteiger partial charge in [0.15, 0.2) is 5.43 Å². The van der Waals surface area contributed by atoms with E-state index in [0.29, 0.717) is 6.61 Å². The lowest BCUT2D eigenvalue weighted by Gasteiger charge is -2.22. The minimum Gasteiger partial charge on any atom is -0.494 e. The van der Waals surface area contributed by atoms with Crippen LogP contribution < -0.4 is 10.2 Å². The second kappa shape index (κ2) is 9.07. The first-order valence-electron chi connectivity index (χ1n) is 10.1. The Morgan fingerprint density at radius 1 is 1.00 bits per heavy atom. The summed E-state index contributed by atoms with van der Waals surface area (Å²) in [5.41, 5.74) is 5.48. The topological polar surface area (TPSA) is 45.3 Å². The quantitative estimate of drug-likeness (QED) is 0.603. The predicted octanol–water partition coefficient (Wildman–Crippen LogP) is 4.96. The first kappa shape index (κ1) is 20.2. The maximum atomic E-state index is 12.6. The molecule has 0 spiro atoms. The van der Waals surface area contributed by atoms with E-state index in [1.807, 2.05) is 32.0 Å². The molecule has 4 nitrogen and oxygen atoms in total. The standard InChI is InChI=1S/C24H30N2O2/c1-5-11-26(15-19-7-9-21(10-8-19)28-6-2)16-20-14-23(27)22-13-17(3)12-18(4)24(22)25-20/h7-10,12-14H,5-6,11,15-16H2,1-4H3,(H,25,27). The van der Waals surface area contributed by atoms with Crippen LogP contribution in [0.15, 0.2) is 47.3 Å². The molecule has 4 heteroatoms. The third kappa shape index (κ3) is 4.82. The van der Waals surface area contributed by atoms with E-state index in [1.54, 1.807) is 6.07 Å². The fourth-order valence-corrected chi connectivity index (χ4v) is 3.73. The molecule has 1 heterocycles. The van der Waals surface area contributed by atoms with Crippen molar-refractivity contribution in [3.8, 4) is 5.75 Å². The van der Waals surface area contributed by atoms with Crippen LogP contribution in [0.5, 0.6) is 5.75 Å². The number of pyridine rings is 1. The summed E-state index contributed by atoms with van der Waals surface area (Å²) in [7, 11) is 0. The Labute approximate surface area is 167 Å². The normalized spacial score (nSPS) is 11.3. The van der Waals surface area contributed by atoms with Crippen LogP contribution in [0.1, 0.15) is 42.7 Å². The second-order valence-corrected chi connectivity index (χ2v) is 7.45. The highest BCUT2D eigenvalue weighted by Gasteiger charge is 2.10. The Hall–Kier alpha value is -2.59. The Balaban J connectivity index is 1.83. The third-order valence-electron chi connectivity index (χ3n) is 4.91. The van der Waals surface area contributed by atoms with E-state index >= 15 is 0 Å². The van der Waals surface area contributed by atoms with Gasteiger partial charge in [0.1, 0.15) is 5.75 Å². The van der Waals surface area contributed by atoms with Crippen LogP contribution in [0.3, 0.4) is 0 Å². The second-order valence-electron chi connectivity index (χ2n) is 7.45. The minimum absolute atomic E-state index is 0.0908. The number of ether oxygens (including phenoxy) is 1. The van der Waals surface area contributed by atoms with Crippen molar-refractivity contribution >= 4 is 10.9 Å². The first-order valence-corrected chi connectivity index (χ1v) is 10.1. The zero-order valence-electron chi connectivity index (χ0n) is 17.3. The van der Waals surface area contributed by atoms with Crippen LogP contribution in [-0.4, -0.2) is 23.0 Å². The van der Waals surface area contributed by atoms with Crippen molar-refractivity contribution in [2.45, 2.75) is 47.2 Å². The van der Waals surface area contributed by atoms with Crippen molar-refractivity contribution in [1.29, 1.82) is 0 Å². The predicted molar refractivity (Wildman–Crippen MR) is 116 cm³/mol. The molecule has 0 radical (unpaired) electrons. The number of aromatic amines is 1. The highest BCUT2D eigenvalue weighted by atomic mass is 16.5. The summed E-state index contributed by atoms with van der Waals surface area (Å²) in [6.45, 7) is 11.5. The van der Waals surface area contributed by atoms with Crippen molar-refractivity contribution in [2.24, 2.45) is 0 Å². The Bertz CT molecular complexity index is 990. The van der Waals surface area contributed by atoms with Gasteiger partial charge in [-0.2, -0.15) is 0 Å². The fourth-order valence-electron chi connectivity index (χ4n) is 3.73. The Morgan fingerprint density at radius 3 is 2.43 bits per heavy atom. The molecule has 3 rings (SSSR count). The molecule has 0 bridgehead atoms. The van der Waals surface area contributed by atoms with Crippen LogP contribution >= 0.6 is 0 Å². The molecule has 2 aromatic carbocycles. The van der Waals surface area contributed by atoms with Crippen molar-refractivity contribution < 1.29 is 4.74 Å². The fraction of sp³-hybridized carbons (Fsp3) is 0.375. The zero-order chi connectivity index (χ0) is 20.1. The lowest BCUT2D eigenvalue weighted by atomic mass is 10.1. The number of aryl methyl sites for hydroxylation is 2. The summed E-state index contributed by atoms with van der Waals surface area (Å²) in [5.74, 6) is 0.901. The summed E-state index contributed by atoms with van der Waals surface area (Å²) < 4.78 is 5.53. The summed E-state index contributed by atoms with van der Waals surface area (Å²) in [6.07, 6.45) is 1.06. The van der Waals surface area contributed by atoms with Gasteiger partial charge in [0.05, 0.1) is 12.1 Å². The lowest BCUT2D eigenvalue weighted by Crippen LogP contribution is -2.25. The molecule has 0 aliphatic heterocycles. The van der Waals surface area contributed by atoms with E-state index in [0.717, 1.165) is 59.5 Å². The van der Waals surface area contributed by atoms with Gasteiger partial charge in [-0.3, -0.25) is 9.69 Å². The smallest absolute Gasteiger partial charge is 0.189 e. The number of rotatable bonds is 8. The van der Waals surface area contributed by atoms with Crippen LogP contribution in [0.25, 0.3) is 10.9 Å². The van der Waals surface area contributed by atoms with Gasteiger partial charge in [0.25, 0.3) is 0 Å². The van der Waals surface area contributed by atoms with Gasteiger partial charge in [0, 0.05) is 30.2 Å². The molecule has 1 aromatic heterocycles. The number of aromatic nitrogens is 1. The van der Waals surface area contributed by atoms with Crippen LogP contribution in [0, 0.1) is 13.8 Å². The average Bonchev–Trinajstić information content (AvgIpc) is 2.65. The molecular formula is C24H30N2O2. The monoisotopic (exact) mass is 378 g/mol. The minimum atomic E-state index is 0.0908. The van der Waals surface area contributed by atoms with Gasteiger partial charge in [-0.1, -0.05) is 25.1 Å². The van der Waals surface area contributed by atoms with E-state index in [1.165, 1.54) is 5.56 Å². The molecule has 28 heavy (non-hydrogen) atoms. The van der Waals surface area contributed by atoms with E-state index in [4.69, 9.17) is 4.74 Å². The molecule has 1 N–H and O–H groups in total. The maximum Gasteiger partial charge on any atom is 0.189 e. The number of H-pyrrole nitrogens is 1. The largest absolute Gasteiger partial charge is 0.494 e. The third-order valence-corrected chi connectivity index (χ3v) is 4.91. The molecule has 0 saturated carbocycles. The molecule has 0 aliphatic rings. The average molecular weight is 379 g/mol. The highest BCUT2D eigenvalue weighted by Crippen LogP contribution is 2.18. The molecule has 0 amide bonds. The van der Waals surface area contributed by atoms with E-state index in [9.17, 15) is 4.79 Å². The van der Waals surface area contributed by atoms with Gasteiger partial charge in [-0.05, 0) is 68.6 Å². The van der Waals surface area contributed by atoms with Crippen LogP contribution in [-0.2, 0) is 13.1 Å². The van der Waals surface area contributed by atoms with E-state index < -0.39 is 0 Å². The van der Waals surface area contributed by atoms with Gasteiger partial charge in [0.2, 0.25) is 0 Å². The number of fused-ring (bicyclic) bond motifs is 1. The van der Waals surface area contributed by atoms with Gasteiger partial charge in [-0.15, -0.1) is 0 Å². The highest BCUT2D eigenvalue weighted by molar-refractivity contribution is 5.82. The van der Waals surface area contributed by atoms with Gasteiger partial charge in [-0.25, -0.2) is 0 Å². The SMILES string of the molecule is CCCN(Cc1ccc(OCC)cc1)Cc1cc(=O)c2cc(C)cc(C)c2[nH]1. The van der Waals surface area contributed by atoms with Crippen molar-refractivity contribution in [3.05, 3.63) is 75.1 Å². The van der Waals surface area contributed by atoms with Crippen molar-refractivity contribution in [3.63, 3.8) is 0 Å². The first-order chi connectivity index (χ1) is 13.5. The van der Waals surface area contributed by atoms with Crippen molar-refractivity contribution in [1.82, 2.24) is 9.88 Å². The summed E-state index contributed by atoms with van der Waals surface area (Å²) in [4.78, 5) is 18.5. The summed E-state index contributed by atoms with van der Waals surface area (Å²) >= 11 is 0. The maximum absolute atomic E-state index is 12.6. The number of hydrogen-bond acceptors (Lipinski definition) is 3. The Kier molecular flexibility index (Phi) is 6.53. The number of nitrogens with zero attached hydrogens (tertiary/aromatic N) is 1. The lowest BCUT2D eigenvalue weighted by molar-refractivity contribution is 0.254. The zero-order valence-corrected chi connectivity index (χ0v) is 17.3. The van der Waals surface area contributed by atoms with E-state index in [-0.39, 0.29) is 5.43 Å². The summed E-state index contributed by atoms with van der Waals surface area (Å²) in [5, 5.41) is 0.773. The number of benzene rings is 2.